The van der Waals surface area contributed by atoms with Crippen molar-refractivity contribution in [3.8, 4) is 0 Å². The van der Waals surface area contributed by atoms with E-state index in [1.54, 1.807) is 42.6 Å². The van der Waals surface area contributed by atoms with E-state index < -0.39 is 0 Å². The van der Waals surface area contributed by atoms with E-state index in [1.807, 2.05) is 30.3 Å². The van der Waals surface area contributed by atoms with Crippen LogP contribution < -0.4 is 10.2 Å². The fourth-order valence-corrected chi connectivity index (χ4v) is 4.37. The maximum atomic E-state index is 13.4. The van der Waals surface area contributed by atoms with Crippen LogP contribution in [0.3, 0.4) is 0 Å². The molecule has 2 amide bonds. The van der Waals surface area contributed by atoms with Crippen molar-refractivity contribution in [2.75, 3.05) is 23.3 Å². The van der Waals surface area contributed by atoms with Gasteiger partial charge in [0.15, 0.2) is 0 Å². The van der Waals surface area contributed by atoms with Crippen LogP contribution in [0.4, 0.5) is 11.4 Å². The molecule has 0 atom stereocenters. The quantitative estimate of drug-likeness (QED) is 0.541. The Morgan fingerprint density at radius 2 is 1.61 bits per heavy atom. The molecule has 1 aromatic heterocycles. The summed E-state index contributed by atoms with van der Waals surface area (Å²) in [6.45, 7) is 2.23. The lowest BCUT2D eigenvalue weighted by Gasteiger charge is -2.18. The molecule has 0 unspecified atom stereocenters. The molecular weight excluding hydrogens is 436 g/mol. The van der Waals surface area contributed by atoms with Crippen LogP contribution in [0, 0.1) is 0 Å². The molecule has 0 saturated carbocycles. The highest BCUT2D eigenvalue weighted by atomic mass is 35.5. The van der Waals surface area contributed by atoms with Crippen molar-refractivity contribution in [1.29, 1.82) is 0 Å². The van der Waals surface area contributed by atoms with Gasteiger partial charge in [0.05, 0.1) is 17.8 Å². The normalized spacial score (nSPS) is 16.2. The molecule has 1 N–H and O–H groups in total. The first-order valence-electron chi connectivity index (χ1n) is 11.0. The predicted octanol–water partition coefficient (Wildman–Crippen LogP) is 4.73. The number of amides is 2. The fourth-order valence-electron chi connectivity index (χ4n) is 4.25. The summed E-state index contributed by atoms with van der Waals surface area (Å²) >= 11 is 6.05. The van der Waals surface area contributed by atoms with Gasteiger partial charge in [0, 0.05) is 35.7 Å². The Balaban J connectivity index is 1.47. The third-order valence-corrected chi connectivity index (χ3v) is 6.21. The molecule has 5 rings (SSSR count). The molecule has 2 aliphatic rings. The van der Waals surface area contributed by atoms with Crippen LogP contribution in [-0.2, 0) is 16.1 Å². The second-order valence-electron chi connectivity index (χ2n) is 8.14. The predicted molar refractivity (Wildman–Crippen MR) is 130 cm³/mol. The van der Waals surface area contributed by atoms with Gasteiger partial charge in [-0.2, -0.15) is 0 Å². The maximum Gasteiger partial charge on any atom is 0.278 e. The van der Waals surface area contributed by atoms with Crippen molar-refractivity contribution in [3.05, 3.63) is 94.9 Å². The zero-order valence-corrected chi connectivity index (χ0v) is 18.8. The van der Waals surface area contributed by atoms with Crippen molar-refractivity contribution in [2.45, 2.75) is 19.4 Å². The summed E-state index contributed by atoms with van der Waals surface area (Å²) in [5, 5.41) is 3.78. The minimum atomic E-state index is -0.376. The number of nitrogens with one attached hydrogen (secondary N) is 1. The van der Waals surface area contributed by atoms with Crippen LogP contribution >= 0.6 is 11.6 Å². The van der Waals surface area contributed by atoms with E-state index in [9.17, 15) is 9.59 Å². The van der Waals surface area contributed by atoms with Gasteiger partial charge in [-0.05, 0) is 66.9 Å². The smallest absolute Gasteiger partial charge is 0.278 e. The maximum absolute atomic E-state index is 13.4. The third kappa shape index (κ3) is 4.34. The first kappa shape index (κ1) is 21.2. The highest BCUT2D eigenvalue weighted by Crippen LogP contribution is 2.32. The van der Waals surface area contributed by atoms with E-state index >= 15 is 0 Å². The van der Waals surface area contributed by atoms with E-state index in [2.05, 4.69) is 15.2 Å². The SMILES string of the molecule is O=C1C(Nc2ccc(N3CCCC3)cc2)=C(c2ccc(Cl)cc2)C(=O)N1Cc1ccccn1. The highest BCUT2D eigenvalue weighted by Gasteiger charge is 2.39. The lowest BCUT2D eigenvalue weighted by atomic mass is 10.0. The van der Waals surface area contributed by atoms with Gasteiger partial charge >= 0.3 is 0 Å². The summed E-state index contributed by atoms with van der Waals surface area (Å²) in [7, 11) is 0. The number of halogens is 1. The Hall–Kier alpha value is -3.64. The van der Waals surface area contributed by atoms with Gasteiger partial charge in [-0.3, -0.25) is 19.5 Å². The Kier molecular flexibility index (Phi) is 5.84. The lowest BCUT2D eigenvalue weighted by molar-refractivity contribution is -0.137. The van der Waals surface area contributed by atoms with Crippen molar-refractivity contribution < 1.29 is 9.59 Å². The van der Waals surface area contributed by atoms with Gasteiger partial charge < -0.3 is 10.2 Å². The van der Waals surface area contributed by atoms with Gasteiger partial charge in [0.1, 0.15) is 5.70 Å². The number of pyridine rings is 1. The van der Waals surface area contributed by atoms with Crippen molar-refractivity contribution in [2.24, 2.45) is 0 Å². The molecule has 0 radical (unpaired) electrons. The molecule has 3 aromatic rings. The molecular formula is C26H23ClN4O2. The first-order chi connectivity index (χ1) is 16.1. The molecule has 1 saturated heterocycles. The standard InChI is InChI=1S/C26H23ClN4O2/c27-19-8-6-18(7-9-19)23-24(26(33)31(25(23)32)17-21-5-1-2-14-28-21)29-20-10-12-22(13-11-20)30-15-3-4-16-30/h1-2,5-14,29H,3-4,15-17H2. The van der Waals surface area contributed by atoms with E-state index in [0.717, 1.165) is 24.5 Å². The molecule has 1 fully saturated rings. The third-order valence-electron chi connectivity index (χ3n) is 5.96. The number of hydrogen-bond donors (Lipinski definition) is 1. The Morgan fingerprint density at radius 1 is 0.879 bits per heavy atom. The van der Waals surface area contributed by atoms with Gasteiger partial charge in [0.25, 0.3) is 11.8 Å². The molecule has 0 aliphatic carbocycles. The highest BCUT2D eigenvalue weighted by molar-refractivity contribution is 6.36. The van der Waals surface area contributed by atoms with Crippen molar-refractivity contribution in [1.82, 2.24) is 9.88 Å². The van der Waals surface area contributed by atoms with Gasteiger partial charge in [0.2, 0.25) is 0 Å². The number of imide groups is 1. The minimum absolute atomic E-state index is 0.106. The summed E-state index contributed by atoms with van der Waals surface area (Å²) in [4.78, 5) is 34.6. The number of hydrogen-bond acceptors (Lipinski definition) is 5. The van der Waals surface area contributed by atoms with Gasteiger partial charge in [-0.15, -0.1) is 0 Å². The molecule has 3 heterocycles. The van der Waals surface area contributed by atoms with E-state index in [0.29, 0.717) is 21.9 Å². The summed E-state index contributed by atoms with van der Waals surface area (Å²) in [5.74, 6) is -0.733. The van der Waals surface area contributed by atoms with Gasteiger partial charge in [-0.1, -0.05) is 29.8 Å². The van der Waals surface area contributed by atoms with Crippen molar-refractivity contribution >= 4 is 40.4 Å². The second kappa shape index (κ2) is 9.08. The molecule has 0 bridgehead atoms. The topological polar surface area (TPSA) is 65.5 Å². The molecule has 166 valence electrons. The number of anilines is 2. The van der Waals surface area contributed by atoms with Crippen molar-refractivity contribution in [3.63, 3.8) is 0 Å². The lowest BCUT2D eigenvalue weighted by Crippen LogP contribution is -2.32. The average Bonchev–Trinajstić information content (AvgIpc) is 3.45. The van der Waals surface area contributed by atoms with Crippen LogP contribution in [0.2, 0.25) is 5.02 Å². The number of aromatic nitrogens is 1. The average molecular weight is 459 g/mol. The fraction of sp³-hybridized carbons (Fsp3) is 0.192. The van der Waals surface area contributed by atoms with Gasteiger partial charge in [-0.25, -0.2) is 0 Å². The Labute approximate surface area is 197 Å². The van der Waals surface area contributed by atoms with Crippen LogP contribution in [0.5, 0.6) is 0 Å². The van der Waals surface area contributed by atoms with E-state index in [-0.39, 0.29) is 24.1 Å². The zero-order chi connectivity index (χ0) is 22.8. The molecule has 33 heavy (non-hydrogen) atoms. The second-order valence-corrected chi connectivity index (χ2v) is 8.58. The Morgan fingerprint density at radius 3 is 2.27 bits per heavy atom. The number of nitrogens with zero attached hydrogens (tertiary/aromatic N) is 3. The number of rotatable bonds is 6. The first-order valence-corrected chi connectivity index (χ1v) is 11.4. The summed E-state index contributed by atoms with van der Waals surface area (Å²) in [6.07, 6.45) is 4.06. The van der Waals surface area contributed by atoms with Crippen LogP contribution in [0.15, 0.2) is 78.6 Å². The molecule has 0 spiro atoms. The number of benzene rings is 2. The molecule has 2 aliphatic heterocycles. The Bertz CT molecular complexity index is 1200. The van der Waals surface area contributed by atoms with E-state index in [4.69, 9.17) is 11.6 Å². The molecule has 7 heteroatoms. The zero-order valence-electron chi connectivity index (χ0n) is 18.0. The monoisotopic (exact) mass is 458 g/mol. The largest absolute Gasteiger partial charge is 0.372 e. The number of carbonyl (C=O) groups is 2. The summed E-state index contributed by atoms with van der Waals surface area (Å²) in [6, 6.07) is 20.3. The summed E-state index contributed by atoms with van der Waals surface area (Å²) < 4.78 is 0. The summed E-state index contributed by atoms with van der Waals surface area (Å²) in [5.41, 5.74) is 3.78. The minimum Gasteiger partial charge on any atom is -0.372 e. The number of carbonyl (C=O) groups excluding carboxylic acids is 2. The van der Waals surface area contributed by atoms with Crippen LogP contribution in [0.1, 0.15) is 24.1 Å². The molecule has 6 nitrogen and oxygen atoms in total. The van der Waals surface area contributed by atoms with Crippen LogP contribution in [0.25, 0.3) is 5.57 Å². The molecule has 2 aromatic carbocycles. The van der Waals surface area contributed by atoms with Crippen LogP contribution in [-0.4, -0.2) is 34.8 Å². The van der Waals surface area contributed by atoms with E-state index in [1.165, 1.54) is 17.7 Å².